The SMILES string of the molecule is CN=C(NCC1CCN(C2CC2)C1)NCC(C(C)C)N1CCOCC1. The van der Waals surface area contributed by atoms with Crippen molar-refractivity contribution >= 4 is 5.96 Å². The molecule has 1 saturated carbocycles. The Morgan fingerprint density at radius 3 is 2.52 bits per heavy atom. The highest BCUT2D eigenvalue weighted by Crippen LogP contribution is 2.31. The first-order valence-electron chi connectivity index (χ1n) is 10.2. The second kappa shape index (κ2) is 9.19. The molecular formula is C19H37N5O. The molecule has 3 rings (SSSR count). The van der Waals surface area contributed by atoms with Gasteiger partial charge in [0.1, 0.15) is 0 Å². The maximum Gasteiger partial charge on any atom is 0.191 e. The number of rotatable bonds is 7. The van der Waals surface area contributed by atoms with Gasteiger partial charge in [-0.1, -0.05) is 13.8 Å². The molecule has 6 nitrogen and oxygen atoms in total. The van der Waals surface area contributed by atoms with E-state index >= 15 is 0 Å². The Balaban J connectivity index is 1.40. The lowest BCUT2D eigenvalue weighted by Crippen LogP contribution is -2.52. The molecule has 2 atom stereocenters. The Morgan fingerprint density at radius 2 is 1.88 bits per heavy atom. The van der Waals surface area contributed by atoms with E-state index in [0.717, 1.165) is 57.3 Å². The van der Waals surface area contributed by atoms with E-state index in [2.05, 4.69) is 39.3 Å². The monoisotopic (exact) mass is 351 g/mol. The Bertz CT molecular complexity index is 432. The zero-order chi connectivity index (χ0) is 17.6. The maximum absolute atomic E-state index is 5.50. The third-order valence-corrected chi connectivity index (χ3v) is 5.93. The van der Waals surface area contributed by atoms with Gasteiger partial charge in [0.05, 0.1) is 13.2 Å². The predicted molar refractivity (Wildman–Crippen MR) is 103 cm³/mol. The van der Waals surface area contributed by atoms with Crippen LogP contribution in [0.25, 0.3) is 0 Å². The van der Waals surface area contributed by atoms with E-state index in [-0.39, 0.29) is 0 Å². The summed E-state index contributed by atoms with van der Waals surface area (Å²) in [6.45, 7) is 12.9. The number of guanidine groups is 1. The number of ether oxygens (including phenoxy) is 1. The Hall–Kier alpha value is -0.850. The van der Waals surface area contributed by atoms with Crippen LogP contribution in [0.15, 0.2) is 4.99 Å². The first-order chi connectivity index (χ1) is 12.2. The molecule has 2 N–H and O–H groups in total. The quantitative estimate of drug-likeness (QED) is 0.529. The first-order valence-corrected chi connectivity index (χ1v) is 10.2. The van der Waals surface area contributed by atoms with Gasteiger partial charge in [-0.05, 0) is 37.6 Å². The Kier molecular flexibility index (Phi) is 6.96. The average molecular weight is 352 g/mol. The van der Waals surface area contributed by atoms with E-state index in [4.69, 9.17) is 4.74 Å². The van der Waals surface area contributed by atoms with Gasteiger partial charge in [0.15, 0.2) is 5.96 Å². The fraction of sp³-hybridized carbons (Fsp3) is 0.947. The summed E-state index contributed by atoms with van der Waals surface area (Å²) in [5.74, 6) is 2.33. The lowest BCUT2D eigenvalue weighted by molar-refractivity contribution is 0.00752. The van der Waals surface area contributed by atoms with Crippen molar-refractivity contribution < 1.29 is 4.74 Å². The molecule has 6 heteroatoms. The number of morpholine rings is 1. The van der Waals surface area contributed by atoms with Crippen molar-refractivity contribution in [2.45, 2.75) is 45.2 Å². The van der Waals surface area contributed by atoms with Crippen molar-refractivity contribution in [3.8, 4) is 0 Å². The highest BCUT2D eigenvalue weighted by molar-refractivity contribution is 5.79. The number of hydrogen-bond donors (Lipinski definition) is 2. The van der Waals surface area contributed by atoms with Gasteiger partial charge in [-0.15, -0.1) is 0 Å². The van der Waals surface area contributed by atoms with E-state index in [0.29, 0.717) is 12.0 Å². The summed E-state index contributed by atoms with van der Waals surface area (Å²) in [7, 11) is 1.87. The molecule has 0 radical (unpaired) electrons. The van der Waals surface area contributed by atoms with Crippen LogP contribution in [0.4, 0.5) is 0 Å². The van der Waals surface area contributed by atoms with Gasteiger partial charge in [0.2, 0.25) is 0 Å². The molecule has 0 spiro atoms. The summed E-state index contributed by atoms with van der Waals surface area (Å²) < 4.78 is 5.50. The molecule has 2 aliphatic heterocycles. The molecule has 0 aromatic heterocycles. The van der Waals surface area contributed by atoms with Crippen LogP contribution in [-0.2, 0) is 4.74 Å². The minimum absolute atomic E-state index is 0.527. The van der Waals surface area contributed by atoms with Crippen molar-refractivity contribution in [2.75, 3.05) is 59.5 Å². The van der Waals surface area contributed by atoms with E-state index in [1.54, 1.807) is 0 Å². The summed E-state index contributed by atoms with van der Waals surface area (Å²) in [5.41, 5.74) is 0. The Labute approximate surface area is 153 Å². The molecule has 0 aromatic rings. The predicted octanol–water partition coefficient (Wildman–Crippen LogP) is 0.993. The van der Waals surface area contributed by atoms with Gasteiger partial charge < -0.3 is 20.3 Å². The second-order valence-corrected chi connectivity index (χ2v) is 8.17. The molecular weight excluding hydrogens is 314 g/mol. The van der Waals surface area contributed by atoms with Crippen LogP contribution >= 0.6 is 0 Å². The lowest BCUT2D eigenvalue weighted by atomic mass is 10.0. The molecule has 2 unspecified atom stereocenters. The van der Waals surface area contributed by atoms with Crippen LogP contribution in [0, 0.1) is 11.8 Å². The molecule has 144 valence electrons. The highest BCUT2D eigenvalue weighted by atomic mass is 16.5. The van der Waals surface area contributed by atoms with E-state index < -0.39 is 0 Å². The first kappa shape index (κ1) is 18.9. The number of nitrogens with zero attached hydrogens (tertiary/aromatic N) is 3. The minimum Gasteiger partial charge on any atom is -0.379 e. The van der Waals surface area contributed by atoms with Gasteiger partial charge in [-0.3, -0.25) is 9.89 Å². The van der Waals surface area contributed by atoms with Crippen LogP contribution in [0.3, 0.4) is 0 Å². The second-order valence-electron chi connectivity index (χ2n) is 8.17. The van der Waals surface area contributed by atoms with Crippen LogP contribution in [0.5, 0.6) is 0 Å². The molecule has 2 saturated heterocycles. The van der Waals surface area contributed by atoms with Crippen LogP contribution in [-0.4, -0.2) is 87.4 Å². The summed E-state index contributed by atoms with van der Waals surface area (Å²) in [6, 6.07) is 1.43. The number of aliphatic imine (C=N–C) groups is 1. The third kappa shape index (κ3) is 5.56. The molecule has 0 aromatic carbocycles. The molecule has 0 amide bonds. The normalized spacial score (nSPS) is 27.7. The molecule has 3 fully saturated rings. The smallest absolute Gasteiger partial charge is 0.191 e. The topological polar surface area (TPSA) is 52.1 Å². The van der Waals surface area contributed by atoms with Crippen LogP contribution < -0.4 is 10.6 Å². The van der Waals surface area contributed by atoms with Gasteiger partial charge in [-0.25, -0.2) is 0 Å². The number of hydrogen-bond acceptors (Lipinski definition) is 4. The zero-order valence-electron chi connectivity index (χ0n) is 16.3. The standard InChI is InChI=1S/C19H37N5O/c1-15(2)18(23-8-10-25-11-9-23)13-22-19(20-3)21-12-16-6-7-24(14-16)17-4-5-17/h15-18H,4-14H2,1-3H3,(H2,20,21,22). The largest absolute Gasteiger partial charge is 0.379 e. The highest BCUT2D eigenvalue weighted by Gasteiger charge is 2.34. The van der Waals surface area contributed by atoms with Crippen molar-refractivity contribution in [1.82, 2.24) is 20.4 Å². The third-order valence-electron chi connectivity index (χ3n) is 5.93. The summed E-state index contributed by atoms with van der Waals surface area (Å²) in [6.07, 6.45) is 4.16. The van der Waals surface area contributed by atoms with Gasteiger partial charge >= 0.3 is 0 Å². The Morgan fingerprint density at radius 1 is 1.12 bits per heavy atom. The summed E-state index contributed by atoms with van der Waals surface area (Å²) in [4.78, 5) is 9.66. The van der Waals surface area contributed by atoms with Gasteiger partial charge in [0.25, 0.3) is 0 Å². The number of likely N-dealkylation sites (tertiary alicyclic amines) is 1. The molecule has 0 bridgehead atoms. The van der Waals surface area contributed by atoms with E-state index in [1.807, 2.05) is 7.05 Å². The minimum atomic E-state index is 0.527. The zero-order valence-corrected chi connectivity index (χ0v) is 16.3. The van der Waals surface area contributed by atoms with Crippen molar-refractivity contribution in [2.24, 2.45) is 16.8 Å². The molecule has 2 heterocycles. The lowest BCUT2D eigenvalue weighted by Gasteiger charge is -2.37. The van der Waals surface area contributed by atoms with Gasteiger partial charge in [0, 0.05) is 51.9 Å². The average Bonchev–Trinajstić information content (AvgIpc) is 3.37. The van der Waals surface area contributed by atoms with Crippen molar-refractivity contribution in [3.63, 3.8) is 0 Å². The summed E-state index contributed by atoms with van der Waals surface area (Å²) >= 11 is 0. The van der Waals surface area contributed by atoms with E-state index in [9.17, 15) is 0 Å². The fourth-order valence-corrected chi connectivity index (χ4v) is 4.16. The maximum atomic E-state index is 5.50. The summed E-state index contributed by atoms with van der Waals surface area (Å²) in [5, 5.41) is 7.12. The van der Waals surface area contributed by atoms with Gasteiger partial charge in [-0.2, -0.15) is 0 Å². The van der Waals surface area contributed by atoms with Crippen LogP contribution in [0.1, 0.15) is 33.1 Å². The fourth-order valence-electron chi connectivity index (χ4n) is 4.16. The van der Waals surface area contributed by atoms with Crippen LogP contribution in [0.2, 0.25) is 0 Å². The van der Waals surface area contributed by atoms with E-state index in [1.165, 1.54) is 32.4 Å². The van der Waals surface area contributed by atoms with Crippen molar-refractivity contribution in [3.05, 3.63) is 0 Å². The van der Waals surface area contributed by atoms with Crippen molar-refractivity contribution in [1.29, 1.82) is 0 Å². The molecule has 25 heavy (non-hydrogen) atoms. The molecule has 1 aliphatic carbocycles. The molecule has 3 aliphatic rings. The number of nitrogens with one attached hydrogen (secondary N) is 2.